The second-order valence-corrected chi connectivity index (χ2v) is 4.87. The first-order valence-electron chi connectivity index (χ1n) is 6.81. The number of benzene rings is 1. The molecular weight excluding hydrogens is 253 g/mol. The van der Waals surface area contributed by atoms with Gasteiger partial charge in [-0.1, -0.05) is 12.1 Å². The van der Waals surface area contributed by atoms with Gasteiger partial charge in [0.25, 0.3) is 0 Å². The van der Waals surface area contributed by atoms with E-state index in [1.807, 2.05) is 26.0 Å². The second-order valence-electron chi connectivity index (χ2n) is 4.87. The Labute approximate surface area is 119 Å². The Balaban J connectivity index is 2.12. The van der Waals surface area contributed by atoms with E-state index < -0.39 is 0 Å². The lowest BCUT2D eigenvalue weighted by Crippen LogP contribution is -2.08. The predicted octanol–water partition coefficient (Wildman–Crippen LogP) is 4.13. The average molecular weight is 273 g/mol. The van der Waals surface area contributed by atoms with E-state index in [0.717, 1.165) is 23.5 Å². The Hall–Kier alpha value is -2.10. The zero-order valence-electron chi connectivity index (χ0n) is 12.1. The van der Waals surface area contributed by atoms with Gasteiger partial charge >= 0.3 is 0 Å². The molecule has 0 aliphatic carbocycles. The summed E-state index contributed by atoms with van der Waals surface area (Å²) in [7, 11) is 0. The topological polar surface area (TPSA) is 37.0 Å². The lowest BCUT2D eigenvalue weighted by atomic mass is 10.1. The van der Waals surface area contributed by atoms with Gasteiger partial charge in [0.2, 0.25) is 0 Å². The maximum absolute atomic E-state index is 13.6. The summed E-state index contributed by atoms with van der Waals surface area (Å²) in [6, 6.07) is 7.34. The molecule has 0 aliphatic heterocycles. The zero-order valence-corrected chi connectivity index (χ0v) is 12.1. The van der Waals surface area contributed by atoms with Crippen molar-refractivity contribution in [3.63, 3.8) is 0 Å². The van der Waals surface area contributed by atoms with Crippen LogP contribution in [0, 0.1) is 12.7 Å². The molecule has 2 rings (SSSR count). The van der Waals surface area contributed by atoms with Crippen LogP contribution < -0.4 is 10.6 Å². The Morgan fingerprint density at radius 1 is 1.20 bits per heavy atom. The molecule has 1 unspecified atom stereocenters. The fourth-order valence-corrected chi connectivity index (χ4v) is 2.03. The lowest BCUT2D eigenvalue weighted by molar-refractivity contribution is 0.614. The highest BCUT2D eigenvalue weighted by atomic mass is 19.1. The van der Waals surface area contributed by atoms with E-state index >= 15 is 0 Å². The van der Waals surface area contributed by atoms with Crippen LogP contribution in [0.1, 0.15) is 31.0 Å². The molecule has 0 saturated carbocycles. The fraction of sp³-hybridized carbons (Fsp3) is 0.312. The minimum Gasteiger partial charge on any atom is -0.384 e. The van der Waals surface area contributed by atoms with Gasteiger partial charge in [-0.2, -0.15) is 0 Å². The van der Waals surface area contributed by atoms with Crippen LogP contribution in [0.2, 0.25) is 0 Å². The predicted molar refractivity (Wildman–Crippen MR) is 81.6 cm³/mol. The Kier molecular flexibility index (Phi) is 4.56. The fourth-order valence-electron chi connectivity index (χ4n) is 2.03. The quantitative estimate of drug-likeness (QED) is 0.860. The SMILES string of the molecule is CCNc1cncc(NC(C)c2ccc(C)c(F)c2)c1. The minimum absolute atomic E-state index is 0.0174. The summed E-state index contributed by atoms with van der Waals surface area (Å²) < 4.78 is 13.6. The van der Waals surface area contributed by atoms with Gasteiger partial charge < -0.3 is 10.6 Å². The van der Waals surface area contributed by atoms with Gasteiger partial charge in [-0.25, -0.2) is 4.39 Å². The molecule has 0 fully saturated rings. The van der Waals surface area contributed by atoms with E-state index in [0.29, 0.717) is 5.56 Å². The Bertz CT molecular complexity index is 584. The molecule has 20 heavy (non-hydrogen) atoms. The molecule has 0 aliphatic rings. The van der Waals surface area contributed by atoms with Gasteiger partial charge in [0.15, 0.2) is 0 Å². The first kappa shape index (κ1) is 14.3. The van der Waals surface area contributed by atoms with Crippen molar-refractivity contribution in [1.82, 2.24) is 4.98 Å². The summed E-state index contributed by atoms with van der Waals surface area (Å²) in [6.07, 6.45) is 3.55. The highest BCUT2D eigenvalue weighted by Gasteiger charge is 2.08. The molecule has 2 aromatic rings. The van der Waals surface area contributed by atoms with Crippen molar-refractivity contribution >= 4 is 11.4 Å². The normalized spacial score (nSPS) is 12.0. The summed E-state index contributed by atoms with van der Waals surface area (Å²) in [5.74, 6) is -0.171. The molecule has 0 saturated heterocycles. The summed E-state index contributed by atoms with van der Waals surface area (Å²) in [4.78, 5) is 4.18. The van der Waals surface area contributed by atoms with E-state index in [-0.39, 0.29) is 11.9 Å². The minimum atomic E-state index is -0.171. The summed E-state index contributed by atoms with van der Waals surface area (Å²) >= 11 is 0. The molecule has 0 bridgehead atoms. The monoisotopic (exact) mass is 273 g/mol. The van der Waals surface area contributed by atoms with E-state index in [4.69, 9.17) is 0 Å². The van der Waals surface area contributed by atoms with E-state index in [1.54, 1.807) is 31.5 Å². The maximum Gasteiger partial charge on any atom is 0.126 e. The summed E-state index contributed by atoms with van der Waals surface area (Å²) in [6.45, 7) is 6.66. The number of halogens is 1. The first-order valence-corrected chi connectivity index (χ1v) is 6.81. The van der Waals surface area contributed by atoms with Crippen molar-refractivity contribution in [2.45, 2.75) is 26.8 Å². The smallest absolute Gasteiger partial charge is 0.126 e. The largest absolute Gasteiger partial charge is 0.384 e. The van der Waals surface area contributed by atoms with Crippen LogP contribution in [-0.4, -0.2) is 11.5 Å². The van der Waals surface area contributed by atoms with Crippen LogP contribution in [0.5, 0.6) is 0 Å². The third-order valence-corrected chi connectivity index (χ3v) is 3.20. The molecule has 0 amide bonds. The van der Waals surface area contributed by atoms with Crippen LogP contribution in [0.25, 0.3) is 0 Å². The molecule has 106 valence electrons. The van der Waals surface area contributed by atoms with Crippen LogP contribution in [0.15, 0.2) is 36.7 Å². The Morgan fingerprint density at radius 3 is 2.65 bits per heavy atom. The molecule has 4 heteroatoms. The van der Waals surface area contributed by atoms with Gasteiger partial charge in [-0.05, 0) is 44.0 Å². The van der Waals surface area contributed by atoms with Gasteiger partial charge in [0.1, 0.15) is 5.82 Å². The molecular formula is C16H20FN3. The number of hydrogen-bond donors (Lipinski definition) is 2. The molecule has 1 atom stereocenters. The lowest BCUT2D eigenvalue weighted by Gasteiger charge is -2.16. The van der Waals surface area contributed by atoms with Crippen LogP contribution in [0.3, 0.4) is 0 Å². The van der Waals surface area contributed by atoms with Gasteiger partial charge in [-0.3, -0.25) is 4.98 Å². The number of rotatable bonds is 5. The highest BCUT2D eigenvalue weighted by molar-refractivity contribution is 5.54. The number of aryl methyl sites for hydroxylation is 1. The number of aromatic nitrogens is 1. The third-order valence-electron chi connectivity index (χ3n) is 3.20. The molecule has 1 aromatic heterocycles. The van der Waals surface area contributed by atoms with Crippen molar-refractivity contribution in [1.29, 1.82) is 0 Å². The van der Waals surface area contributed by atoms with Crippen LogP contribution >= 0.6 is 0 Å². The third kappa shape index (κ3) is 3.47. The molecule has 3 nitrogen and oxygen atoms in total. The van der Waals surface area contributed by atoms with Gasteiger partial charge in [0.05, 0.1) is 23.8 Å². The molecule has 1 heterocycles. The van der Waals surface area contributed by atoms with E-state index in [9.17, 15) is 4.39 Å². The summed E-state index contributed by atoms with van der Waals surface area (Å²) in [5, 5.41) is 6.55. The zero-order chi connectivity index (χ0) is 14.5. The Morgan fingerprint density at radius 2 is 1.95 bits per heavy atom. The number of anilines is 2. The maximum atomic E-state index is 13.6. The summed E-state index contributed by atoms with van der Waals surface area (Å²) in [5.41, 5.74) is 3.47. The first-order chi connectivity index (χ1) is 9.60. The number of pyridine rings is 1. The van der Waals surface area contributed by atoms with Gasteiger partial charge in [-0.15, -0.1) is 0 Å². The molecule has 2 N–H and O–H groups in total. The number of nitrogens with zero attached hydrogens (tertiary/aromatic N) is 1. The van der Waals surface area contributed by atoms with E-state index in [2.05, 4.69) is 15.6 Å². The van der Waals surface area contributed by atoms with Crippen LogP contribution in [0.4, 0.5) is 15.8 Å². The van der Waals surface area contributed by atoms with Crippen molar-refractivity contribution in [2.75, 3.05) is 17.2 Å². The van der Waals surface area contributed by atoms with Crippen molar-refractivity contribution in [2.24, 2.45) is 0 Å². The molecule has 0 spiro atoms. The average Bonchev–Trinajstić information content (AvgIpc) is 2.42. The van der Waals surface area contributed by atoms with E-state index in [1.165, 1.54) is 0 Å². The van der Waals surface area contributed by atoms with Crippen LogP contribution in [-0.2, 0) is 0 Å². The number of hydrogen-bond acceptors (Lipinski definition) is 3. The number of nitrogens with one attached hydrogen (secondary N) is 2. The molecule has 1 aromatic carbocycles. The molecule has 0 radical (unpaired) electrons. The van der Waals surface area contributed by atoms with Gasteiger partial charge in [0, 0.05) is 12.6 Å². The standard InChI is InChI=1S/C16H20FN3/c1-4-19-14-8-15(10-18-9-14)20-12(3)13-6-5-11(2)16(17)7-13/h5-10,12,19-20H,4H2,1-3H3. The van der Waals surface area contributed by atoms with Crippen molar-refractivity contribution in [3.8, 4) is 0 Å². The highest BCUT2D eigenvalue weighted by Crippen LogP contribution is 2.22. The van der Waals surface area contributed by atoms with Crippen molar-refractivity contribution in [3.05, 3.63) is 53.6 Å². The second kappa shape index (κ2) is 6.37. The van der Waals surface area contributed by atoms with Crippen molar-refractivity contribution < 1.29 is 4.39 Å².